The van der Waals surface area contributed by atoms with Gasteiger partial charge in [-0.1, -0.05) is 6.07 Å². The predicted octanol–water partition coefficient (Wildman–Crippen LogP) is 2.09. The Morgan fingerprint density at radius 3 is 2.79 bits per heavy atom. The average Bonchev–Trinajstić information content (AvgIpc) is 3.55. The van der Waals surface area contributed by atoms with Crippen molar-refractivity contribution in [3.05, 3.63) is 48.2 Å². The van der Waals surface area contributed by atoms with E-state index in [1.807, 2.05) is 12.1 Å². The lowest BCUT2D eigenvalue weighted by Crippen LogP contribution is -2.14. The second-order valence-corrected chi connectivity index (χ2v) is 7.47. The summed E-state index contributed by atoms with van der Waals surface area (Å²) in [5.41, 5.74) is 0.857. The first-order valence-corrected chi connectivity index (χ1v) is 10.3. The first-order chi connectivity index (χ1) is 16.1. The molecule has 0 saturated heterocycles. The van der Waals surface area contributed by atoms with E-state index < -0.39 is 5.91 Å². The molecule has 5 rings (SSSR count). The van der Waals surface area contributed by atoms with Gasteiger partial charge in [0.1, 0.15) is 22.9 Å². The second-order valence-electron chi connectivity index (χ2n) is 7.47. The minimum atomic E-state index is -0.427. The summed E-state index contributed by atoms with van der Waals surface area (Å²) in [5.74, 6) is 2.51. The number of hydrogen-bond acceptors (Lipinski definition) is 9. The van der Waals surface area contributed by atoms with Crippen LogP contribution in [-0.4, -0.2) is 59.6 Å². The summed E-state index contributed by atoms with van der Waals surface area (Å²) in [6.07, 6.45) is 6.38. The number of ether oxygens (including phenoxy) is 2. The maximum atomic E-state index is 13.0. The molecule has 1 atom stereocenters. The number of aromatic nitrogens is 8. The van der Waals surface area contributed by atoms with Crippen LogP contribution in [0.2, 0.25) is 0 Å². The number of fused-ring (bicyclic) bond motifs is 1. The van der Waals surface area contributed by atoms with E-state index in [2.05, 4.69) is 47.1 Å². The van der Waals surface area contributed by atoms with Crippen molar-refractivity contribution >= 4 is 11.7 Å². The molecule has 0 unspecified atom stereocenters. The topological polar surface area (TPSA) is 135 Å². The van der Waals surface area contributed by atoms with E-state index in [-0.39, 0.29) is 11.4 Å². The van der Waals surface area contributed by atoms with Gasteiger partial charge in [0.15, 0.2) is 11.6 Å². The Hall–Kier alpha value is -4.35. The highest BCUT2D eigenvalue weighted by atomic mass is 16.5. The molecule has 33 heavy (non-hydrogen) atoms. The minimum Gasteiger partial charge on any atom is -0.480 e. The van der Waals surface area contributed by atoms with Crippen molar-refractivity contribution < 1.29 is 14.3 Å². The summed E-state index contributed by atoms with van der Waals surface area (Å²) >= 11 is 0. The van der Waals surface area contributed by atoms with Crippen LogP contribution in [0.4, 0.5) is 5.82 Å². The van der Waals surface area contributed by atoms with Crippen LogP contribution in [0.3, 0.4) is 0 Å². The molecule has 1 aliphatic rings. The first kappa shape index (κ1) is 20.5. The Morgan fingerprint density at radius 1 is 1.15 bits per heavy atom. The number of carbonyl (C=O) groups excluding carboxylic acids is 1. The zero-order valence-electron chi connectivity index (χ0n) is 18.3. The zero-order valence-corrected chi connectivity index (χ0v) is 18.3. The Morgan fingerprint density at radius 2 is 2.03 bits per heavy atom. The molecule has 1 N–H and O–H groups in total. The summed E-state index contributed by atoms with van der Waals surface area (Å²) in [6, 6.07) is 5.67. The van der Waals surface area contributed by atoms with E-state index in [0.717, 1.165) is 18.7 Å². The smallest absolute Gasteiger partial charge is 0.263 e. The quantitative estimate of drug-likeness (QED) is 0.471. The largest absolute Gasteiger partial charge is 0.480 e. The standard InChI is InChI=1S/C21H21N9O3/c1-12-7-8-16-26-27-19(30(12)16)14-5-4-6-15(24-14)25-20(31)13-11-29(28-21(13)33-3)17-9-23-18(32-2)10-22-17/h4-6,9-12H,7-8H2,1-3H3,(H,24,25,31)/t12-/m0/s1. The summed E-state index contributed by atoms with van der Waals surface area (Å²) in [5, 5.41) is 15.6. The number of pyridine rings is 1. The lowest BCUT2D eigenvalue weighted by atomic mass is 10.2. The number of amides is 1. The Balaban J connectivity index is 1.40. The molecule has 0 spiro atoms. The predicted molar refractivity (Wildman–Crippen MR) is 116 cm³/mol. The van der Waals surface area contributed by atoms with Crippen LogP contribution >= 0.6 is 0 Å². The van der Waals surface area contributed by atoms with E-state index in [9.17, 15) is 4.79 Å². The third-order valence-electron chi connectivity index (χ3n) is 5.39. The number of anilines is 1. The van der Waals surface area contributed by atoms with Gasteiger partial charge in [0, 0.05) is 18.7 Å². The van der Waals surface area contributed by atoms with Crippen molar-refractivity contribution in [1.29, 1.82) is 0 Å². The second kappa shape index (κ2) is 8.30. The van der Waals surface area contributed by atoms with Crippen LogP contribution in [0.25, 0.3) is 17.3 Å². The van der Waals surface area contributed by atoms with Crippen molar-refractivity contribution in [3.63, 3.8) is 0 Å². The van der Waals surface area contributed by atoms with Gasteiger partial charge in [0.2, 0.25) is 11.8 Å². The molecule has 168 valence electrons. The third-order valence-corrected chi connectivity index (χ3v) is 5.39. The van der Waals surface area contributed by atoms with E-state index in [1.165, 1.54) is 37.5 Å². The SMILES string of the molecule is COc1cnc(-n2cc(C(=O)Nc3cccc(-c4nnc5n4[C@@H](C)CC5)n3)c(OC)n2)cn1. The molecule has 0 bridgehead atoms. The van der Waals surface area contributed by atoms with E-state index in [1.54, 1.807) is 6.07 Å². The van der Waals surface area contributed by atoms with Crippen LogP contribution < -0.4 is 14.8 Å². The van der Waals surface area contributed by atoms with Crippen LogP contribution in [0, 0.1) is 0 Å². The molecule has 0 aliphatic carbocycles. The number of carbonyl (C=O) groups is 1. The molecular weight excluding hydrogens is 426 g/mol. The molecular formula is C21H21N9O3. The van der Waals surface area contributed by atoms with Crippen LogP contribution in [-0.2, 0) is 6.42 Å². The van der Waals surface area contributed by atoms with Crippen molar-refractivity contribution in [2.75, 3.05) is 19.5 Å². The Labute approximate surface area is 188 Å². The third kappa shape index (κ3) is 3.75. The lowest BCUT2D eigenvalue weighted by molar-refractivity contribution is 0.102. The van der Waals surface area contributed by atoms with E-state index in [4.69, 9.17) is 9.47 Å². The fourth-order valence-corrected chi connectivity index (χ4v) is 3.73. The highest BCUT2D eigenvalue weighted by Crippen LogP contribution is 2.30. The van der Waals surface area contributed by atoms with Gasteiger partial charge in [0.25, 0.3) is 5.91 Å². The molecule has 0 radical (unpaired) electrons. The van der Waals surface area contributed by atoms with Crippen LogP contribution in [0.1, 0.15) is 35.6 Å². The molecule has 1 aliphatic heterocycles. The van der Waals surface area contributed by atoms with Gasteiger partial charge in [-0.15, -0.1) is 15.3 Å². The van der Waals surface area contributed by atoms with Gasteiger partial charge in [-0.3, -0.25) is 4.79 Å². The first-order valence-electron chi connectivity index (χ1n) is 10.3. The highest BCUT2D eigenvalue weighted by Gasteiger charge is 2.25. The molecule has 4 aromatic heterocycles. The number of nitrogens with zero attached hydrogens (tertiary/aromatic N) is 8. The molecule has 1 amide bonds. The lowest BCUT2D eigenvalue weighted by Gasteiger charge is -2.10. The average molecular weight is 447 g/mol. The highest BCUT2D eigenvalue weighted by molar-refractivity contribution is 6.05. The number of rotatable bonds is 6. The van der Waals surface area contributed by atoms with Crippen molar-refractivity contribution in [2.24, 2.45) is 0 Å². The molecule has 5 heterocycles. The molecule has 0 saturated carbocycles. The summed E-state index contributed by atoms with van der Waals surface area (Å²) < 4.78 is 13.8. The fourth-order valence-electron chi connectivity index (χ4n) is 3.73. The molecule has 0 fully saturated rings. The van der Waals surface area contributed by atoms with Gasteiger partial charge in [-0.25, -0.2) is 19.6 Å². The van der Waals surface area contributed by atoms with Crippen LogP contribution in [0.5, 0.6) is 11.8 Å². The van der Waals surface area contributed by atoms with Crippen LogP contribution in [0.15, 0.2) is 36.8 Å². The molecule has 4 aromatic rings. The van der Waals surface area contributed by atoms with Crippen molar-refractivity contribution in [1.82, 2.24) is 39.5 Å². The summed E-state index contributed by atoms with van der Waals surface area (Å²) in [7, 11) is 2.94. The van der Waals surface area contributed by atoms with E-state index >= 15 is 0 Å². The maximum absolute atomic E-state index is 13.0. The summed E-state index contributed by atoms with van der Waals surface area (Å²) in [6.45, 7) is 2.13. The van der Waals surface area contributed by atoms with Gasteiger partial charge in [-0.05, 0) is 25.5 Å². The number of methoxy groups -OCH3 is 2. The van der Waals surface area contributed by atoms with E-state index in [0.29, 0.717) is 35.1 Å². The minimum absolute atomic E-state index is 0.144. The molecule has 12 heteroatoms. The number of aryl methyl sites for hydroxylation is 1. The number of nitrogens with one attached hydrogen (secondary N) is 1. The normalized spacial score (nSPS) is 14.7. The molecule has 0 aromatic carbocycles. The van der Waals surface area contributed by atoms with Gasteiger partial charge < -0.3 is 19.4 Å². The van der Waals surface area contributed by atoms with Crippen molar-refractivity contribution in [2.45, 2.75) is 25.8 Å². The zero-order chi connectivity index (χ0) is 22.9. The monoisotopic (exact) mass is 447 g/mol. The van der Waals surface area contributed by atoms with Gasteiger partial charge in [-0.2, -0.15) is 0 Å². The summed E-state index contributed by atoms with van der Waals surface area (Å²) in [4.78, 5) is 25.9. The number of hydrogen-bond donors (Lipinski definition) is 1. The van der Waals surface area contributed by atoms with Crippen molar-refractivity contribution in [3.8, 4) is 29.1 Å². The van der Waals surface area contributed by atoms with Gasteiger partial charge >= 0.3 is 0 Å². The fraction of sp³-hybridized carbons (Fsp3) is 0.286. The Kier molecular flexibility index (Phi) is 5.17. The maximum Gasteiger partial charge on any atom is 0.263 e. The Bertz CT molecular complexity index is 1310. The van der Waals surface area contributed by atoms with Gasteiger partial charge in [0.05, 0.1) is 26.6 Å². The molecule has 12 nitrogen and oxygen atoms in total.